The molecule has 0 unspecified atom stereocenters. The second-order valence-corrected chi connectivity index (χ2v) is 2.85. The maximum atomic E-state index is 5.49. The summed E-state index contributed by atoms with van der Waals surface area (Å²) in [5, 5.41) is 3.47. The van der Waals surface area contributed by atoms with Gasteiger partial charge >= 0.3 is 0 Å². The van der Waals surface area contributed by atoms with Crippen LogP contribution >= 0.6 is 23.2 Å². The Morgan fingerprint density at radius 3 is 2.43 bits per heavy atom. The molecule has 4 heteroatoms. The summed E-state index contributed by atoms with van der Waals surface area (Å²) in [6.07, 6.45) is 1.41. The third kappa shape index (κ3) is 1.21. The molecular formula is C3H3Cl2N2. The Morgan fingerprint density at radius 1 is 1.57 bits per heavy atom. The van der Waals surface area contributed by atoms with Gasteiger partial charge in [0.25, 0.3) is 0 Å². The van der Waals surface area contributed by atoms with Crippen molar-refractivity contribution in [3.05, 3.63) is 0 Å². The molecule has 0 atom stereocenters. The van der Waals surface area contributed by atoms with E-state index < -0.39 is 4.33 Å². The molecule has 1 aliphatic heterocycles. The van der Waals surface area contributed by atoms with Crippen LogP contribution in [-0.2, 0) is 0 Å². The molecule has 39 valence electrons. The van der Waals surface area contributed by atoms with E-state index in [1.165, 1.54) is 6.21 Å². The van der Waals surface area contributed by atoms with Crippen LogP contribution in [0, 0.1) is 0 Å². The number of hydrogen-bond donors (Lipinski definition) is 0. The van der Waals surface area contributed by atoms with Crippen molar-refractivity contribution in [1.29, 1.82) is 0 Å². The number of hydrogen-bond acceptors (Lipinski definition) is 1. The molecule has 1 rings (SSSR count). The zero-order chi connectivity index (χ0) is 5.33. The van der Waals surface area contributed by atoms with Crippen molar-refractivity contribution in [2.75, 3.05) is 6.54 Å². The van der Waals surface area contributed by atoms with Crippen molar-refractivity contribution in [2.45, 2.75) is 4.33 Å². The van der Waals surface area contributed by atoms with Crippen molar-refractivity contribution in [3.8, 4) is 0 Å². The van der Waals surface area contributed by atoms with Gasteiger partial charge in [0.05, 0.1) is 12.8 Å². The first-order chi connectivity index (χ1) is 3.21. The van der Waals surface area contributed by atoms with E-state index >= 15 is 0 Å². The van der Waals surface area contributed by atoms with Gasteiger partial charge in [0.2, 0.25) is 0 Å². The summed E-state index contributed by atoms with van der Waals surface area (Å²) in [5.41, 5.74) is 3.54. The minimum atomic E-state index is -0.819. The molecule has 0 fully saturated rings. The molecule has 0 aromatic heterocycles. The highest BCUT2D eigenvalue weighted by Crippen LogP contribution is 2.19. The Morgan fingerprint density at radius 2 is 2.29 bits per heavy atom. The largest absolute Gasteiger partial charge is 0.186 e. The molecule has 1 heterocycles. The third-order valence-corrected chi connectivity index (χ3v) is 1.04. The van der Waals surface area contributed by atoms with Crippen LogP contribution in [0.25, 0.3) is 0 Å². The first kappa shape index (κ1) is 5.19. The first-order valence-electron chi connectivity index (χ1n) is 1.79. The van der Waals surface area contributed by atoms with E-state index in [4.69, 9.17) is 23.2 Å². The van der Waals surface area contributed by atoms with Crippen LogP contribution in [-0.4, -0.2) is 17.1 Å². The molecule has 0 N–H and O–H groups in total. The zero-order valence-electron chi connectivity index (χ0n) is 3.43. The molecule has 2 nitrogen and oxygen atoms in total. The van der Waals surface area contributed by atoms with E-state index in [-0.39, 0.29) is 0 Å². The Balaban J connectivity index is 2.57. The average molecular weight is 138 g/mol. The maximum absolute atomic E-state index is 5.49. The highest BCUT2D eigenvalue weighted by Gasteiger charge is 2.25. The van der Waals surface area contributed by atoms with E-state index in [0.29, 0.717) is 6.54 Å². The van der Waals surface area contributed by atoms with Gasteiger partial charge in [-0.05, 0) is 0 Å². The molecular weight excluding hydrogens is 135 g/mol. The van der Waals surface area contributed by atoms with Crippen LogP contribution in [0.15, 0.2) is 5.10 Å². The zero-order valence-corrected chi connectivity index (χ0v) is 4.95. The topological polar surface area (TPSA) is 26.5 Å². The Bertz CT molecular complexity index is 99.1. The normalized spacial score (nSPS) is 24.9. The standard InChI is InChI=1S/C3H3Cl2N2/c4-3(5)1-6-7-2-3/h1H,2H2. The van der Waals surface area contributed by atoms with Gasteiger partial charge in [-0.25, -0.2) is 0 Å². The monoisotopic (exact) mass is 137 g/mol. The van der Waals surface area contributed by atoms with Crippen LogP contribution in [0.4, 0.5) is 0 Å². The molecule has 1 aliphatic rings. The highest BCUT2D eigenvalue weighted by molar-refractivity contribution is 6.56. The maximum Gasteiger partial charge on any atom is 0.176 e. The molecule has 0 aliphatic carbocycles. The summed E-state index contributed by atoms with van der Waals surface area (Å²) in [4.78, 5) is 0. The fourth-order valence-electron chi connectivity index (χ4n) is 0.301. The van der Waals surface area contributed by atoms with Crippen molar-refractivity contribution in [1.82, 2.24) is 5.43 Å². The van der Waals surface area contributed by atoms with E-state index in [1.807, 2.05) is 0 Å². The lowest BCUT2D eigenvalue weighted by atomic mass is 10.5. The van der Waals surface area contributed by atoms with Gasteiger partial charge in [0.1, 0.15) is 0 Å². The van der Waals surface area contributed by atoms with Crippen LogP contribution in [0.5, 0.6) is 0 Å². The molecule has 0 amide bonds. The quantitative estimate of drug-likeness (QED) is 0.442. The summed E-state index contributed by atoms with van der Waals surface area (Å²) in [7, 11) is 0. The first-order valence-corrected chi connectivity index (χ1v) is 2.55. The van der Waals surface area contributed by atoms with E-state index in [0.717, 1.165) is 0 Å². The molecule has 0 saturated carbocycles. The smallest absolute Gasteiger partial charge is 0.176 e. The number of rotatable bonds is 0. The number of halogens is 2. The number of nitrogens with zero attached hydrogens (tertiary/aromatic N) is 2. The minimum absolute atomic E-state index is 0.385. The fourth-order valence-corrected chi connectivity index (χ4v) is 0.495. The van der Waals surface area contributed by atoms with Crippen LogP contribution in [0.2, 0.25) is 0 Å². The summed E-state index contributed by atoms with van der Waals surface area (Å²) in [6, 6.07) is 0. The molecule has 1 radical (unpaired) electrons. The van der Waals surface area contributed by atoms with E-state index in [9.17, 15) is 0 Å². The van der Waals surface area contributed by atoms with Crippen LogP contribution in [0.3, 0.4) is 0 Å². The minimum Gasteiger partial charge on any atom is -0.186 e. The van der Waals surface area contributed by atoms with Gasteiger partial charge in [-0.3, -0.25) is 0 Å². The lowest BCUT2D eigenvalue weighted by Crippen LogP contribution is -2.17. The fraction of sp³-hybridized carbons (Fsp3) is 0.667. The lowest BCUT2D eigenvalue weighted by molar-refractivity contribution is 0.778. The van der Waals surface area contributed by atoms with Gasteiger partial charge in [-0.15, -0.1) is 0 Å². The van der Waals surface area contributed by atoms with Gasteiger partial charge in [-0.2, -0.15) is 10.5 Å². The summed E-state index contributed by atoms with van der Waals surface area (Å²) in [5.74, 6) is 0. The second kappa shape index (κ2) is 1.53. The summed E-state index contributed by atoms with van der Waals surface area (Å²) < 4.78 is -0.819. The second-order valence-electron chi connectivity index (χ2n) is 1.31. The van der Waals surface area contributed by atoms with Crippen molar-refractivity contribution < 1.29 is 0 Å². The SMILES string of the molecule is ClC1(Cl)C=N[N]C1. The predicted octanol–water partition coefficient (Wildman–Crippen LogP) is 0.764. The van der Waals surface area contributed by atoms with E-state index in [1.54, 1.807) is 0 Å². The molecule has 0 aromatic rings. The number of alkyl halides is 2. The van der Waals surface area contributed by atoms with Gasteiger partial charge in [0, 0.05) is 0 Å². The highest BCUT2D eigenvalue weighted by atomic mass is 35.5. The average Bonchev–Trinajstić information content (AvgIpc) is 1.84. The molecule has 7 heavy (non-hydrogen) atoms. The Kier molecular flexibility index (Phi) is 1.13. The molecule has 0 aromatic carbocycles. The molecule has 0 spiro atoms. The molecule has 0 saturated heterocycles. The van der Waals surface area contributed by atoms with Crippen LogP contribution < -0.4 is 5.43 Å². The lowest BCUT2D eigenvalue weighted by Gasteiger charge is -2.00. The third-order valence-electron chi connectivity index (χ3n) is 0.610. The van der Waals surface area contributed by atoms with Crippen molar-refractivity contribution >= 4 is 29.4 Å². The summed E-state index contributed by atoms with van der Waals surface area (Å²) >= 11 is 11.0. The van der Waals surface area contributed by atoms with Crippen LogP contribution in [0.1, 0.15) is 0 Å². The summed E-state index contributed by atoms with van der Waals surface area (Å²) in [6.45, 7) is 0.385. The van der Waals surface area contributed by atoms with Gasteiger partial charge in [0.15, 0.2) is 4.33 Å². The van der Waals surface area contributed by atoms with Gasteiger partial charge < -0.3 is 0 Å². The Labute approximate surface area is 51.5 Å². The Hall–Kier alpha value is 0.0500. The predicted molar refractivity (Wildman–Crippen MR) is 29.9 cm³/mol. The van der Waals surface area contributed by atoms with E-state index in [2.05, 4.69) is 10.5 Å². The van der Waals surface area contributed by atoms with Crippen molar-refractivity contribution in [3.63, 3.8) is 0 Å². The molecule has 0 bridgehead atoms. The van der Waals surface area contributed by atoms with Crippen molar-refractivity contribution in [2.24, 2.45) is 5.10 Å². The van der Waals surface area contributed by atoms with Gasteiger partial charge in [-0.1, -0.05) is 23.2 Å².